The Balaban J connectivity index is 2.84. The van der Waals surface area contributed by atoms with Crippen LogP contribution in [0.2, 0.25) is 0 Å². The van der Waals surface area contributed by atoms with Gasteiger partial charge in [-0.05, 0) is 58.1 Å². The molecule has 0 heterocycles. The smallest absolute Gasteiger partial charge is 0.242 e. The van der Waals surface area contributed by atoms with E-state index in [4.69, 9.17) is 5.73 Å². The monoisotopic (exact) mass is 342 g/mol. The van der Waals surface area contributed by atoms with Gasteiger partial charge in [0.1, 0.15) is 4.90 Å². The third-order valence-electron chi connectivity index (χ3n) is 3.79. The summed E-state index contributed by atoms with van der Waals surface area (Å²) in [6.07, 6.45) is 0.764. The summed E-state index contributed by atoms with van der Waals surface area (Å²) in [5.74, 6) is 0. The highest BCUT2D eigenvalue weighted by atomic mass is 32.2. The summed E-state index contributed by atoms with van der Waals surface area (Å²) in [5.41, 5.74) is 6.77. The highest BCUT2D eigenvalue weighted by Gasteiger charge is 2.21. The lowest BCUT2D eigenvalue weighted by Gasteiger charge is -2.21. The number of nitrogen functional groups attached to an aromatic ring is 1. The van der Waals surface area contributed by atoms with Crippen molar-refractivity contribution in [3.63, 3.8) is 0 Å². The van der Waals surface area contributed by atoms with E-state index in [-0.39, 0.29) is 10.9 Å². The maximum absolute atomic E-state index is 12.7. The van der Waals surface area contributed by atoms with Gasteiger partial charge in [0.2, 0.25) is 10.0 Å². The number of rotatable bonds is 10. The van der Waals surface area contributed by atoms with Gasteiger partial charge in [0.05, 0.1) is 5.69 Å². The number of nitrogens with zero attached hydrogens (tertiary/aromatic N) is 1. The topological polar surface area (TPSA) is 87.5 Å². The molecule has 7 heteroatoms. The molecule has 0 saturated heterocycles. The summed E-state index contributed by atoms with van der Waals surface area (Å²) in [5, 5.41) is 3.07. The SMILES string of the molecule is CCNc1ccc(N)cc1S(=O)(=O)NC(C)CCN(CC)CC. The highest BCUT2D eigenvalue weighted by Crippen LogP contribution is 2.24. The number of anilines is 2. The fraction of sp³-hybridized carbons (Fsp3) is 0.625. The van der Waals surface area contributed by atoms with Crippen molar-refractivity contribution >= 4 is 21.4 Å². The van der Waals surface area contributed by atoms with E-state index in [1.807, 2.05) is 13.8 Å². The summed E-state index contributed by atoms with van der Waals surface area (Å²) in [6.45, 7) is 11.5. The number of nitrogens with one attached hydrogen (secondary N) is 2. The predicted octanol–water partition coefficient (Wildman–Crippen LogP) is 2.10. The van der Waals surface area contributed by atoms with Gasteiger partial charge in [0.15, 0.2) is 0 Å². The Bertz CT molecular complexity index is 586. The first-order chi connectivity index (χ1) is 10.8. The number of sulfonamides is 1. The first-order valence-electron chi connectivity index (χ1n) is 8.22. The van der Waals surface area contributed by atoms with E-state index >= 15 is 0 Å². The second kappa shape index (κ2) is 9.10. The fourth-order valence-electron chi connectivity index (χ4n) is 2.40. The van der Waals surface area contributed by atoms with Crippen LogP contribution >= 0.6 is 0 Å². The number of benzene rings is 1. The Hall–Kier alpha value is -1.31. The van der Waals surface area contributed by atoms with E-state index in [0.717, 1.165) is 26.1 Å². The summed E-state index contributed by atoms with van der Waals surface area (Å²) >= 11 is 0. The molecular formula is C16H30N4O2S. The Morgan fingerprint density at radius 3 is 2.43 bits per heavy atom. The van der Waals surface area contributed by atoms with Crippen LogP contribution in [0.4, 0.5) is 11.4 Å². The zero-order chi connectivity index (χ0) is 17.5. The van der Waals surface area contributed by atoms with Crippen molar-refractivity contribution in [2.24, 2.45) is 0 Å². The van der Waals surface area contributed by atoms with Crippen molar-refractivity contribution in [1.82, 2.24) is 9.62 Å². The minimum Gasteiger partial charge on any atom is -0.399 e. The van der Waals surface area contributed by atoms with Crippen molar-refractivity contribution in [2.75, 3.05) is 37.2 Å². The molecule has 0 amide bonds. The lowest BCUT2D eigenvalue weighted by Crippen LogP contribution is -2.36. The summed E-state index contributed by atoms with van der Waals surface area (Å²) < 4.78 is 28.1. The molecule has 0 aliphatic heterocycles. The maximum atomic E-state index is 12.7. The molecule has 0 radical (unpaired) electrons. The van der Waals surface area contributed by atoms with Gasteiger partial charge in [-0.3, -0.25) is 0 Å². The van der Waals surface area contributed by atoms with Crippen molar-refractivity contribution in [2.45, 2.75) is 45.1 Å². The third kappa shape index (κ3) is 6.01. The molecule has 132 valence electrons. The molecule has 6 nitrogen and oxygen atoms in total. The van der Waals surface area contributed by atoms with E-state index in [2.05, 4.69) is 28.8 Å². The summed E-state index contributed by atoms with van der Waals surface area (Å²) in [4.78, 5) is 2.48. The van der Waals surface area contributed by atoms with Gasteiger partial charge in [-0.15, -0.1) is 0 Å². The lowest BCUT2D eigenvalue weighted by molar-refractivity contribution is 0.290. The second-order valence-corrected chi connectivity index (χ2v) is 7.31. The summed E-state index contributed by atoms with van der Waals surface area (Å²) in [6, 6.07) is 4.75. The molecule has 0 bridgehead atoms. The van der Waals surface area contributed by atoms with Crippen LogP contribution in [0.5, 0.6) is 0 Å². The van der Waals surface area contributed by atoms with Crippen LogP contribution in [0.15, 0.2) is 23.1 Å². The standard InChI is InChI=1S/C16H30N4O2S/c1-5-18-15-9-8-14(17)12-16(15)23(21,22)19-13(4)10-11-20(6-2)7-3/h8-9,12-13,18-19H,5-7,10-11,17H2,1-4H3. The number of hydrogen-bond donors (Lipinski definition) is 3. The average Bonchev–Trinajstić information content (AvgIpc) is 2.49. The Kier molecular flexibility index (Phi) is 7.81. The minimum absolute atomic E-state index is 0.142. The van der Waals surface area contributed by atoms with Gasteiger partial charge in [0, 0.05) is 18.3 Å². The van der Waals surface area contributed by atoms with Gasteiger partial charge in [-0.2, -0.15) is 0 Å². The largest absolute Gasteiger partial charge is 0.399 e. The van der Waals surface area contributed by atoms with E-state index in [1.165, 1.54) is 6.07 Å². The quantitative estimate of drug-likeness (QED) is 0.567. The van der Waals surface area contributed by atoms with Crippen LogP contribution in [0.25, 0.3) is 0 Å². The first kappa shape index (κ1) is 19.7. The molecule has 0 aliphatic carbocycles. The van der Waals surface area contributed by atoms with Crippen LogP contribution in [-0.4, -0.2) is 45.5 Å². The third-order valence-corrected chi connectivity index (χ3v) is 5.42. The molecule has 0 aromatic heterocycles. The molecule has 0 saturated carbocycles. The molecule has 0 spiro atoms. The van der Waals surface area contributed by atoms with Crippen molar-refractivity contribution in [3.05, 3.63) is 18.2 Å². The molecule has 1 aromatic carbocycles. The van der Waals surface area contributed by atoms with Crippen LogP contribution < -0.4 is 15.8 Å². The number of nitrogens with two attached hydrogens (primary N) is 1. The molecule has 0 fully saturated rings. The molecule has 4 N–H and O–H groups in total. The molecule has 1 unspecified atom stereocenters. The molecule has 23 heavy (non-hydrogen) atoms. The normalized spacial score (nSPS) is 13.3. The van der Waals surface area contributed by atoms with E-state index in [1.54, 1.807) is 12.1 Å². The molecule has 0 aliphatic rings. The highest BCUT2D eigenvalue weighted by molar-refractivity contribution is 7.89. The fourth-order valence-corrected chi connectivity index (χ4v) is 3.90. The second-order valence-electron chi connectivity index (χ2n) is 5.62. The van der Waals surface area contributed by atoms with Gasteiger partial charge in [0.25, 0.3) is 0 Å². The van der Waals surface area contributed by atoms with Crippen molar-refractivity contribution < 1.29 is 8.42 Å². The van der Waals surface area contributed by atoms with E-state index in [9.17, 15) is 8.42 Å². The van der Waals surface area contributed by atoms with Crippen molar-refractivity contribution in [3.8, 4) is 0 Å². The Labute approximate surface area is 140 Å². The van der Waals surface area contributed by atoms with Crippen LogP contribution in [0, 0.1) is 0 Å². The zero-order valence-electron chi connectivity index (χ0n) is 14.6. The van der Waals surface area contributed by atoms with Crippen LogP contribution in [-0.2, 0) is 10.0 Å². The van der Waals surface area contributed by atoms with E-state index in [0.29, 0.717) is 17.9 Å². The van der Waals surface area contributed by atoms with E-state index < -0.39 is 10.0 Å². The van der Waals surface area contributed by atoms with Gasteiger partial charge in [-0.1, -0.05) is 13.8 Å². The first-order valence-corrected chi connectivity index (χ1v) is 9.70. The Morgan fingerprint density at radius 1 is 1.22 bits per heavy atom. The van der Waals surface area contributed by atoms with Gasteiger partial charge >= 0.3 is 0 Å². The molecular weight excluding hydrogens is 312 g/mol. The predicted molar refractivity (Wildman–Crippen MR) is 97.2 cm³/mol. The van der Waals surface area contributed by atoms with Gasteiger partial charge < -0.3 is 16.0 Å². The average molecular weight is 343 g/mol. The van der Waals surface area contributed by atoms with Crippen LogP contribution in [0.3, 0.4) is 0 Å². The van der Waals surface area contributed by atoms with Crippen LogP contribution in [0.1, 0.15) is 34.1 Å². The minimum atomic E-state index is -3.61. The van der Waals surface area contributed by atoms with Gasteiger partial charge in [-0.25, -0.2) is 13.1 Å². The summed E-state index contributed by atoms with van der Waals surface area (Å²) in [7, 11) is -3.61. The zero-order valence-corrected chi connectivity index (χ0v) is 15.4. The lowest BCUT2D eigenvalue weighted by atomic mass is 10.2. The van der Waals surface area contributed by atoms with Crippen molar-refractivity contribution in [1.29, 1.82) is 0 Å². The Morgan fingerprint density at radius 2 is 1.87 bits per heavy atom. The molecule has 1 rings (SSSR count). The molecule has 1 atom stereocenters. The molecule has 1 aromatic rings. The number of hydrogen-bond acceptors (Lipinski definition) is 5. The maximum Gasteiger partial charge on any atom is 0.242 e.